The van der Waals surface area contributed by atoms with Crippen LogP contribution in [0.3, 0.4) is 0 Å². The van der Waals surface area contributed by atoms with E-state index in [4.69, 9.17) is 0 Å². The molecule has 1 aromatic carbocycles. The molecule has 0 saturated carbocycles. The lowest BCUT2D eigenvalue weighted by Crippen LogP contribution is -2.16. The zero-order valence-electron chi connectivity index (χ0n) is 9.95. The van der Waals surface area contributed by atoms with Crippen molar-refractivity contribution in [2.24, 2.45) is 0 Å². The van der Waals surface area contributed by atoms with Crippen LogP contribution in [0.15, 0.2) is 6.07 Å². The van der Waals surface area contributed by atoms with Gasteiger partial charge in [-0.2, -0.15) is 0 Å². The summed E-state index contributed by atoms with van der Waals surface area (Å²) in [5, 5.41) is -1.07. The third kappa shape index (κ3) is 3.64. The van der Waals surface area contributed by atoms with Crippen LogP contribution in [0.25, 0.3) is 0 Å². The highest BCUT2D eigenvalue weighted by Gasteiger charge is 2.26. The maximum absolute atomic E-state index is 13.7. The molecule has 0 N–H and O–H groups in total. The van der Waals surface area contributed by atoms with Crippen LogP contribution in [0.4, 0.5) is 21.8 Å². The first kappa shape index (κ1) is 15.4. The summed E-state index contributed by atoms with van der Waals surface area (Å²) < 4.78 is 66.0. The van der Waals surface area contributed by atoms with Gasteiger partial charge in [0.25, 0.3) is 0 Å². The summed E-state index contributed by atoms with van der Waals surface area (Å²) in [5.41, 5.74) is 0. The minimum absolute atomic E-state index is 0.0773. The fourth-order valence-corrected chi connectivity index (χ4v) is 2.93. The topological polar surface area (TPSA) is 0 Å². The first-order valence-corrected chi connectivity index (χ1v) is 7.17. The Hall–Kier alpha value is -0.700. The van der Waals surface area contributed by atoms with Gasteiger partial charge in [0.05, 0.1) is 5.30 Å². The van der Waals surface area contributed by atoms with Crippen molar-refractivity contribution in [2.45, 2.75) is 32.6 Å². The van der Waals surface area contributed by atoms with E-state index < -0.39 is 36.8 Å². The van der Waals surface area contributed by atoms with Crippen LogP contribution in [-0.2, 0) is 0 Å². The fourth-order valence-electron chi connectivity index (χ4n) is 1.56. The summed E-state index contributed by atoms with van der Waals surface area (Å²) in [6.07, 6.45) is 2.95. The SMILES string of the molecule is CCCCCCP(F)c1c(F)c(F)cc(F)c1F. The summed E-state index contributed by atoms with van der Waals surface area (Å²) in [5.74, 6) is -6.33. The molecule has 6 heteroatoms. The molecule has 0 nitrogen and oxygen atoms in total. The average Bonchev–Trinajstić information content (AvgIpc) is 2.32. The Balaban J connectivity index is 2.81. The van der Waals surface area contributed by atoms with E-state index in [1.54, 1.807) is 0 Å². The van der Waals surface area contributed by atoms with Gasteiger partial charge >= 0.3 is 0 Å². The second kappa shape index (κ2) is 7.03. The maximum atomic E-state index is 13.7. The lowest BCUT2D eigenvalue weighted by Gasteiger charge is -2.11. The molecule has 1 atom stereocenters. The predicted molar refractivity (Wildman–Crippen MR) is 62.9 cm³/mol. The monoisotopic (exact) mass is 284 g/mol. The van der Waals surface area contributed by atoms with Crippen LogP contribution in [0, 0.1) is 23.3 Å². The average molecular weight is 284 g/mol. The largest absolute Gasteiger partial charge is 0.222 e. The Labute approximate surface area is 104 Å². The van der Waals surface area contributed by atoms with E-state index in [9.17, 15) is 21.8 Å². The molecule has 0 bridgehead atoms. The highest BCUT2D eigenvalue weighted by atomic mass is 31.2. The van der Waals surface area contributed by atoms with Crippen molar-refractivity contribution in [1.82, 2.24) is 0 Å². The number of halogens is 5. The molecule has 102 valence electrons. The van der Waals surface area contributed by atoms with Gasteiger partial charge in [0.15, 0.2) is 23.3 Å². The number of hydrogen-bond acceptors (Lipinski definition) is 0. The van der Waals surface area contributed by atoms with E-state index in [0.717, 1.165) is 19.3 Å². The lowest BCUT2D eigenvalue weighted by molar-refractivity contribution is 0.462. The molecule has 0 aliphatic rings. The summed E-state index contributed by atoms with van der Waals surface area (Å²) in [4.78, 5) is 0. The van der Waals surface area contributed by atoms with Gasteiger partial charge in [-0.05, 0) is 6.42 Å². The van der Waals surface area contributed by atoms with Crippen molar-refractivity contribution in [3.8, 4) is 0 Å². The van der Waals surface area contributed by atoms with E-state index in [1.165, 1.54) is 0 Å². The third-order valence-electron chi connectivity index (χ3n) is 2.54. The van der Waals surface area contributed by atoms with E-state index in [0.29, 0.717) is 6.42 Å². The number of rotatable bonds is 6. The van der Waals surface area contributed by atoms with Crippen LogP contribution in [0.2, 0.25) is 0 Å². The van der Waals surface area contributed by atoms with Crippen molar-refractivity contribution in [3.05, 3.63) is 29.3 Å². The molecule has 0 spiro atoms. The van der Waals surface area contributed by atoms with E-state index in [-0.39, 0.29) is 12.2 Å². The molecule has 0 fully saturated rings. The fraction of sp³-hybridized carbons (Fsp3) is 0.500. The van der Waals surface area contributed by atoms with Gasteiger partial charge in [-0.1, -0.05) is 26.2 Å². The Morgan fingerprint density at radius 3 is 2.00 bits per heavy atom. The Bertz CT molecular complexity index is 382. The first-order valence-electron chi connectivity index (χ1n) is 5.75. The Morgan fingerprint density at radius 2 is 1.50 bits per heavy atom. The second-order valence-electron chi connectivity index (χ2n) is 3.96. The van der Waals surface area contributed by atoms with E-state index in [2.05, 4.69) is 0 Å². The van der Waals surface area contributed by atoms with Crippen LogP contribution < -0.4 is 5.30 Å². The molecule has 0 aliphatic heterocycles. The minimum Gasteiger partial charge on any atom is -0.222 e. The van der Waals surface area contributed by atoms with Gasteiger partial charge in [0.1, 0.15) is 8.23 Å². The zero-order valence-corrected chi connectivity index (χ0v) is 10.8. The van der Waals surface area contributed by atoms with Crippen LogP contribution >= 0.6 is 8.23 Å². The standard InChI is InChI=1S/C12H14F5P/c1-2-3-4-5-6-18(17)12-10(15)8(13)7-9(14)11(12)16/h7H,2-6H2,1H3. The van der Waals surface area contributed by atoms with Crippen LogP contribution in [0.5, 0.6) is 0 Å². The molecule has 0 radical (unpaired) electrons. The smallest absolute Gasteiger partial charge is 0.172 e. The summed E-state index contributed by atoms with van der Waals surface area (Å²) in [6, 6.07) is 0.0917. The van der Waals surface area contributed by atoms with Crippen molar-refractivity contribution in [2.75, 3.05) is 6.16 Å². The predicted octanol–water partition coefficient (Wildman–Crippen LogP) is 4.82. The van der Waals surface area contributed by atoms with Gasteiger partial charge in [0.2, 0.25) is 0 Å². The summed E-state index contributed by atoms with van der Waals surface area (Å²) in [6.45, 7) is 1.97. The molecule has 1 aromatic rings. The highest BCUT2D eigenvalue weighted by Crippen LogP contribution is 2.39. The van der Waals surface area contributed by atoms with Gasteiger partial charge < -0.3 is 0 Å². The van der Waals surface area contributed by atoms with Crippen LogP contribution in [0.1, 0.15) is 32.6 Å². The molecule has 0 aromatic heterocycles. The molecule has 18 heavy (non-hydrogen) atoms. The van der Waals surface area contributed by atoms with Gasteiger partial charge in [-0.25, -0.2) is 21.8 Å². The molecule has 0 amide bonds. The third-order valence-corrected chi connectivity index (χ3v) is 4.13. The van der Waals surface area contributed by atoms with Gasteiger partial charge in [-0.3, -0.25) is 0 Å². The van der Waals surface area contributed by atoms with Crippen LogP contribution in [-0.4, -0.2) is 6.16 Å². The Kier molecular flexibility index (Phi) is 6.00. The van der Waals surface area contributed by atoms with E-state index in [1.807, 2.05) is 6.92 Å². The second-order valence-corrected chi connectivity index (χ2v) is 5.58. The highest BCUT2D eigenvalue weighted by molar-refractivity contribution is 7.60. The van der Waals surface area contributed by atoms with Gasteiger partial charge in [-0.15, -0.1) is 0 Å². The number of benzene rings is 1. The quantitative estimate of drug-likeness (QED) is 0.304. The summed E-state index contributed by atoms with van der Waals surface area (Å²) in [7, 11) is -2.70. The minimum atomic E-state index is -2.70. The normalized spacial score (nSPS) is 12.8. The number of unbranched alkanes of at least 4 members (excludes halogenated alkanes) is 3. The molecular formula is C12H14F5P. The molecule has 0 saturated heterocycles. The van der Waals surface area contributed by atoms with Crippen molar-refractivity contribution >= 4 is 13.5 Å². The molecule has 0 heterocycles. The van der Waals surface area contributed by atoms with Crippen molar-refractivity contribution in [3.63, 3.8) is 0 Å². The van der Waals surface area contributed by atoms with E-state index >= 15 is 0 Å². The van der Waals surface area contributed by atoms with Crippen molar-refractivity contribution in [1.29, 1.82) is 0 Å². The Morgan fingerprint density at radius 1 is 0.944 bits per heavy atom. The maximum Gasteiger partial charge on any atom is 0.172 e. The lowest BCUT2D eigenvalue weighted by atomic mass is 10.2. The summed E-state index contributed by atoms with van der Waals surface area (Å²) >= 11 is 0. The molecule has 1 unspecified atom stereocenters. The molecular weight excluding hydrogens is 270 g/mol. The zero-order chi connectivity index (χ0) is 13.7. The number of hydrogen-bond donors (Lipinski definition) is 0. The first-order chi connectivity index (χ1) is 8.49. The molecule has 0 aliphatic carbocycles. The van der Waals surface area contributed by atoms with Gasteiger partial charge in [0, 0.05) is 12.2 Å². The van der Waals surface area contributed by atoms with Crippen molar-refractivity contribution < 1.29 is 21.8 Å². The molecule has 1 rings (SSSR count).